The molecule has 2 rings (SSSR count). The molecule has 0 heterocycles. The molecule has 0 bridgehead atoms. The molecule has 0 aliphatic heterocycles. The van der Waals surface area contributed by atoms with Gasteiger partial charge in [0, 0.05) is 18.2 Å². The first kappa shape index (κ1) is 19.0. The van der Waals surface area contributed by atoms with Gasteiger partial charge in [0.2, 0.25) is 5.91 Å². The van der Waals surface area contributed by atoms with Crippen LogP contribution in [0, 0.1) is 20.8 Å². The maximum atomic E-state index is 12.2. The molecule has 2 N–H and O–H groups in total. The maximum absolute atomic E-state index is 12.2. The monoisotopic (exact) mass is 330 g/mol. The van der Waals surface area contributed by atoms with Crippen LogP contribution in [0.2, 0.25) is 0 Å². The zero-order chi connectivity index (χ0) is 17.4. The van der Waals surface area contributed by atoms with Crippen molar-refractivity contribution in [1.29, 1.82) is 0 Å². The summed E-state index contributed by atoms with van der Waals surface area (Å²) in [6, 6.07) is 4.99. The lowest BCUT2D eigenvalue weighted by atomic mass is 9.95. The molecule has 1 fully saturated rings. The molecular formula is C21H34N2O. The van der Waals surface area contributed by atoms with Crippen LogP contribution < -0.4 is 10.6 Å². The van der Waals surface area contributed by atoms with Crippen LogP contribution >= 0.6 is 0 Å². The number of aryl methyl sites for hydroxylation is 3. The molecule has 1 amide bonds. The molecule has 1 aromatic rings. The summed E-state index contributed by atoms with van der Waals surface area (Å²) in [4.78, 5) is 12.2. The fourth-order valence-corrected chi connectivity index (χ4v) is 3.78. The number of carbonyl (C=O) groups excluding carboxylic acids is 1. The van der Waals surface area contributed by atoms with Crippen molar-refractivity contribution in [3.63, 3.8) is 0 Å². The summed E-state index contributed by atoms with van der Waals surface area (Å²) in [7, 11) is 0. The Morgan fingerprint density at radius 1 is 1.00 bits per heavy atom. The average Bonchev–Trinajstić information content (AvgIpc) is 2.55. The van der Waals surface area contributed by atoms with Gasteiger partial charge in [-0.2, -0.15) is 0 Å². The van der Waals surface area contributed by atoms with Gasteiger partial charge in [-0.05, 0) is 64.1 Å². The van der Waals surface area contributed by atoms with E-state index in [2.05, 4.69) is 43.5 Å². The fourth-order valence-electron chi connectivity index (χ4n) is 3.78. The molecule has 1 aliphatic rings. The molecule has 0 saturated heterocycles. The number of unbranched alkanes of at least 4 members (excludes halogenated alkanes) is 2. The lowest BCUT2D eigenvalue weighted by Gasteiger charge is -2.22. The van der Waals surface area contributed by atoms with Crippen LogP contribution in [-0.4, -0.2) is 18.5 Å². The molecule has 134 valence electrons. The average molecular weight is 331 g/mol. The van der Waals surface area contributed by atoms with E-state index in [1.165, 1.54) is 44.1 Å². The molecule has 0 atom stereocenters. The summed E-state index contributed by atoms with van der Waals surface area (Å²) in [6.45, 7) is 7.31. The Bertz CT molecular complexity index is 510. The van der Waals surface area contributed by atoms with Gasteiger partial charge in [0.15, 0.2) is 0 Å². The zero-order valence-corrected chi connectivity index (χ0v) is 15.7. The minimum atomic E-state index is 0.144. The molecule has 0 aromatic heterocycles. The van der Waals surface area contributed by atoms with Crippen LogP contribution in [-0.2, 0) is 4.79 Å². The molecular weight excluding hydrogens is 296 g/mol. The van der Waals surface area contributed by atoms with E-state index >= 15 is 0 Å². The van der Waals surface area contributed by atoms with Gasteiger partial charge < -0.3 is 10.6 Å². The van der Waals surface area contributed by atoms with E-state index in [0.717, 1.165) is 42.2 Å². The van der Waals surface area contributed by atoms with Gasteiger partial charge >= 0.3 is 0 Å². The predicted octanol–water partition coefficient (Wildman–Crippen LogP) is 5.03. The third kappa shape index (κ3) is 6.27. The van der Waals surface area contributed by atoms with Gasteiger partial charge in [0.25, 0.3) is 0 Å². The molecule has 3 nitrogen and oxygen atoms in total. The molecule has 1 aliphatic carbocycles. The van der Waals surface area contributed by atoms with Gasteiger partial charge in [-0.1, -0.05) is 43.4 Å². The Kier molecular flexibility index (Phi) is 7.77. The first-order valence-corrected chi connectivity index (χ1v) is 9.67. The van der Waals surface area contributed by atoms with Crippen molar-refractivity contribution >= 4 is 11.6 Å². The number of hydrogen-bond donors (Lipinski definition) is 2. The van der Waals surface area contributed by atoms with Crippen molar-refractivity contribution in [3.8, 4) is 0 Å². The third-order valence-electron chi connectivity index (χ3n) is 5.06. The lowest BCUT2D eigenvalue weighted by Crippen LogP contribution is -2.31. The second-order valence-electron chi connectivity index (χ2n) is 7.42. The number of nitrogens with one attached hydrogen (secondary N) is 2. The second kappa shape index (κ2) is 9.83. The largest absolute Gasteiger partial charge is 0.326 e. The van der Waals surface area contributed by atoms with Gasteiger partial charge in [0.1, 0.15) is 0 Å². The topological polar surface area (TPSA) is 41.1 Å². The molecule has 0 spiro atoms. The fraction of sp³-hybridized carbons (Fsp3) is 0.667. The SMILES string of the molecule is Cc1cc(C)c(NC(=O)CCCCCNC2CCCCC2)c(C)c1. The molecule has 0 radical (unpaired) electrons. The lowest BCUT2D eigenvalue weighted by molar-refractivity contribution is -0.116. The van der Waals surface area contributed by atoms with Crippen molar-refractivity contribution in [2.75, 3.05) is 11.9 Å². The quantitative estimate of drug-likeness (QED) is 0.656. The first-order valence-electron chi connectivity index (χ1n) is 9.67. The molecule has 0 unspecified atom stereocenters. The highest BCUT2D eigenvalue weighted by molar-refractivity contribution is 5.92. The van der Waals surface area contributed by atoms with E-state index in [9.17, 15) is 4.79 Å². The van der Waals surface area contributed by atoms with Gasteiger partial charge in [-0.15, -0.1) is 0 Å². The highest BCUT2D eigenvalue weighted by Crippen LogP contribution is 2.22. The Hall–Kier alpha value is -1.35. The first-order chi connectivity index (χ1) is 11.6. The van der Waals surface area contributed by atoms with Crippen molar-refractivity contribution in [3.05, 3.63) is 28.8 Å². The highest BCUT2D eigenvalue weighted by Gasteiger charge is 2.12. The van der Waals surface area contributed by atoms with Crippen molar-refractivity contribution in [1.82, 2.24) is 5.32 Å². The van der Waals surface area contributed by atoms with Crippen LogP contribution in [0.4, 0.5) is 5.69 Å². The second-order valence-corrected chi connectivity index (χ2v) is 7.42. The van der Waals surface area contributed by atoms with E-state index < -0.39 is 0 Å². The summed E-state index contributed by atoms with van der Waals surface area (Å²) >= 11 is 0. The van der Waals surface area contributed by atoms with Crippen LogP contribution in [0.3, 0.4) is 0 Å². The van der Waals surface area contributed by atoms with Gasteiger partial charge in [-0.25, -0.2) is 0 Å². The van der Waals surface area contributed by atoms with Crippen molar-refractivity contribution in [2.24, 2.45) is 0 Å². The number of amides is 1. The van der Waals surface area contributed by atoms with E-state index in [-0.39, 0.29) is 5.91 Å². The van der Waals surface area contributed by atoms with E-state index in [1.807, 2.05) is 0 Å². The Balaban J connectivity index is 1.60. The van der Waals surface area contributed by atoms with Crippen LogP contribution in [0.5, 0.6) is 0 Å². The zero-order valence-electron chi connectivity index (χ0n) is 15.7. The van der Waals surface area contributed by atoms with Crippen LogP contribution in [0.25, 0.3) is 0 Å². The van der Waals surface area contributed by atoms with E-state index in [0.29, 0.717) is 6.42 Å². The molecule has 24 heavy (non-hydrogen) atoms. The Morgan fingerprint density at radius 2 is 1.67 bits per heavy atom. The standard InChI is InChI=1S/C21H34N2O/c1-16-14-17(2)21(18(3)15-16)23-20(24)12-8-5-9-13-22-19-10-6-4-7-11-19/h14-15,19,22H,4-13H2,1-3H3,(H,23,24). The summed E-state index contributed by atoms with van der Waals surface area (Å²) in [6.07, 6.45) is 10.8. The van der Waals surface area contributed by atoms with Crippen LogP contribution in [0.15, 0.2) is 12.1 Å². The Morgan fingerprint density at radius 3 is 2.33 bits per heavy atom. The normalized spacial score (nSPS) is 15.5. The molecule has 3 heteroatoms. The van der Waals surface area contributed by atoms with E-state index in [4.69, 9.17) is 0 Å². The summed E-state index contributed by atoms with van der Waals surface area (Å²) in [5, 5.41) is 6.76. The number of benzene rings is 1. The van der Waals surface area contributed by atoms with E-state index in [1.54, 1.807) is 0 Å². The number of hydrogen-bond acceptors (Lipinski definition) is 2. The summed E-state index contributed by atoms with van der Waals surface area (Å²) in [5.41, 5.74) is 4.54. The maximum Gasteiger partial charge on any atom is 0.224 e. The summed E-state index contributed by atoms with van der Waals surface area (Å²) in [5.74, 6) is 0.144. The van der Waals surface area contributed by atoms with Gasteiger partial charge in [0.05, 0.1) is 0 Å². The molecule has 1 aromatic carbocycles. The summed E-state index contributed by atoms with van der Waals surface area (Å²) < 4.78 is 0. The Labute approximate surface area is 147 Å². The van der Waals surface area contributed by atoms with Gasteiger partial charge in [-0.3, -0.25) is 4.79 Å². The minimum Gasteiger partial charge on any atom is -0.326 e. The van der Waals surface area contributed by atoms with Crippen molar-refractivity contribution < 1.29 is 4.79 Å². The number of rotatable bonds is 8. The molecule has 1 saturated carbocycles. The minimum absolute atomic E-state index is 0.144. The predicted molar refractivity (Wildman–Crippen MR) is 103 cm³/mol. The highest BCUT2D eigenvalue weighted by atomic mass is 16.1. The number of anilines is 1. The smallest absolute Gasteiger partial charge is 0.224 e. The van der Waals surface area contributed by atoms with Crippen LogP contribution in [0.1, 0.15) is 74.5 Å². The number of carbonyl (C=O) groups is 1. The third-order valence-corrected chi connectivity index (χ3v) is 5.06. The van der Waals surface area contributed by atoms with Crippen molar-refractivity contribution in [2.45, 2.75) is 84.6 Å².